The predicted octanol–water partition coefficient (Wildman–Crippen LogP) is 3.33. The molecule has 1 saturated heterocycles. The molecular weight excluding hydrogens is 600 g/mol. The highest BCUT2D eigenvalue weighted by Crippen LogP contribution is 2.60. The van der Waals surface area contributed by atoms with Gasteiger partial charge in [0, 0.05) is 19.8 Å². The summed E-state index contributed by atoms with van der Waals surface area (Å²) in [5, 5.41) is 2.71. The van der Waals surface area contributed by atoms with Gasteiger partial charge in [0.25, 0.3) is 5.91 Å². The quantitative estimate of drug-likeness (QED) is 0.310. The number of fused-ring (bicyclic) bond motifs is 5. The third kappa shape index (κ3) is 3.88. The fraction of sp³-hybridized carbons (Fsp3) is 0.524. The van der Waals surface area contributed by atoms with Gasteiger partial charge >= 0.3 is 5.97 Å². The van der Waals surface area contributed by atoms with Crippen molar-refractivity contribution >= 4 is 77.2 Å². The molecule has 0 spiro atoms. The van der Waals surface area contributed by atoms with Gasteiger partial charge in [0.2, 0.25) is 11.8 Å². The molecular formula is C21H21Br3N2O5. The molecule has 3 fully saturated rings. The van der Waals surface area contributed by atoms with E-state index in [-0.39, 0.29) is 45.1 Å². The average molecular weight is 621 g/mol. The van der Waals surface area contributed by atoms with Crippen LogP contribution < -0.4 is 5.32 Å². The lowest BCUT2D eigenvalue weighted by molar-refractivity contribution is -0.154. The first kappa shape index (κ1) is 22.9. The molecule has 1 heterocycles. The molecule has 0 radical (unpaired) electrons. The zero-order valence-electron chi connectivity index (χ0n) is 16.9. The van der Waals surface area contributed by atoms with Gasteiger partial charge < -0.3 is 10.1 Å². The Kier molecular flexibility index (Phi) is 6.35. The van der Waals surface area contributed by atoms with Gasteiger partial charge in [-0.25, -0.2) is 0 Å². The van der Waals surface area contributed by atoms with E-state index >= 15 is 0 Å². The van der Waals surface area contributed by atoms with E-state index in [4.69, 9.17) is 4.74 Å². The SMILES string of the molecule is Cc1c(Br)ccc(NC(=O)COC(=O)CN2C(=O)[C@@H]3[C@H]4C[C@@H]([C@H](Br)[C@H]4Br)[C@@H]3C2=O)c1C. The molecule has 1 aliphatic heterocycles. The van der Waals surface area contributed by atoms with Crippen LogP contribution >= 0.6 is 47.8 Å². The van der Waals surface area contributed by atoms with Crippen molar-refractivity contribution in [3.63, 3.8) is 0 Å². The van der Waals surface area contributed by atoms with Crippen molar-refractivity contribution < 1.29 is 23.9 Å². The highest BCUT2D eigenvalue weighted by molar-refractivity contribution is 9.12. The summed E-state index contributed by atoms with van der Waals surface area (Å²) in [6.45, 7) is 2.85. The maximum Gasteiger partial charge on any atom is 0.326 e. The van der Waals surface area contributed by atoms with E-state index in [2.05, 4.69) is 53.1 Å². The predicted molar refractivity (Wildman–Crippen MR) is 124 cm³/mol. The summed E-state index contributed by atoms with van der Waals surface area (Å²) in [4.78, 5) is 51.4. The number of imide groups is 1. The molecule has 7 nitrogen and oxygen atoms in total. The van der Waals surface area contributed by atoms with Crippen molar-refractivity contribution in [2.75, 3.05) is 18.5 Å². The lowest BCUT2D eigenvalue weighted by Gasteiger charge is -2.28. The molecule has 0 aromatic heterocycles. The van der Waals surface area contributed by atoms with Crippen LogP contribution in [0.25, 0.3) is 0 Å². The number of benzene rings is 1. The number of amides is 3. The smallest absolute Gasteiger partial charge is 0.326 e. The number of nitrogens with zero attached hydrogens (tertiary/aromatic N) is 1. The fourth-order valence-electron chi connectivity index (χ4n) is 5.00. The molecule has 2 bridgehead atoms. The summed E-state index contributed by atoms with van der Waals surface area (Å²) in [7, 11) is 0. The highest BCUT2D eigenvalue weighted by Gasteiger charge is 2.66. The van der Waals surface area contributed by atoms with Crippen LogP contribution in [0.15, 0.2) is 16.6 Å². The number of halogens is 3. The average Bonchev–Trinajstić information content (AvgIpc) is 3.33. The molecule has 1 aromatic rings. The van der Waals surface area contributed by atoms with Crippen molar-refractivity contribution in [1.29, 1.82) is 0 Å². The Morgan fingerprint density at radius 1 is 1.06 bits per heavy atom. The number of carbonyl (C=O) groups excluding carboxylic acids is 4. The molecule has 2 aliphatic carbocycles. The van der Waals surface area contributed by atoms with E-state index in [1.807, 2.05) is 19.9 Å². The summed E-state index contributed by atoms with van der Waals surface area (Å²) in [5.74, 6) is -2.48. The molecule has 2 saturated carbocycles. The number of hydrogen-bond acceptors (Lipinski definition) is 5. The molecule has 3 amide bonds. The minimum Gasteiger partial charge on any atom is -0.454 e. The van der Waals surface area contributed by atoms with Crippen molar-refractivity contribution in [1.82, 2.24) is 4.90 Å². The molecule has 1 aromatic carbocycles. The maximum absolute atomic E-state index is 12.8. The molecule has 10 heteroatoms. The highest BCUT2D eigenvalue weighted by atomic mass is 79.9. The number of ether oxygens (including phenoxy) is 1. The standard InChI is InChI=1S/C21H21Br3N2O5/c1-8-9(2)13(4-3-12(8)22)25-14(27)7-31-15(28)6-26-20(29)16-10-5-11(17(16)21(26)30)19(24)18(10)23/h3-4,10-11,16-19H,5-7H2,1-2H3,(H,25,27)/t10-,11-,16-,17+,18+,19+/m1/s1. The molecule has 6 atom stereocenters. The summed E-state index contributed by atoms with van der Waals surface area (Å²) in [5.41, 5.74) is 2.53. The molecule has 31 heavy (non-hydrogen) atoms. The normalized spacial score (nSPS) is 31.2. The molecule has 1 N–H and O–H groups in total. The molecule has 166 valence electrons. The number of nitrogens with one attached hydrogen (secondary N) is 1. The van der Waals surface area contributed by atoms with Crippen LogP contribution in [0, 0.1) is 37.5 Å². The fourth-order valence-corrected chi connectivity index (χ4v) is 7.30. The third-order valence-electron chi connectivity index (χ3n) is 6.73. The van der Waals surface area contributed by atoms with Gasteiger partial charge in [-0.05, 0) is 55.4 Å². The Balaban J connectivity index is 1.33. The number of carbonyl (C=O) groups is 4. The number of anilines is 1. The van der Waals surface area contributed by atoms with Gasteiger partial charge in [0.1, 0.15) is 6.54 Å². The number of hydrogen-bond donors (Lipinski definition) is 1. The zero-order chi connectivity index (χ0) is 22.6. The van der Waals surface area contributed by atoms with E-state index in [0.29, 0.717) is 5.69 Å². The summed E-state index contributed by atoms with van der Waals surface area (Å²) >= 11 is 10.7. The minimum atomic E-state index is -0.779. The summed E-state index contributed by atoms with van der Waals surface area (Å²) in [6, 6.07) is 3.59. The lowest BCUT2D eigenvalue weighted by atomic mass is 9.81. The van der Waals surface area contributed by atoms with Gasteiger partial charge in [-0.1, -0.05) is 47.8 Å². The van der Waals surface area contributed by atoms with Crippen LogP contribution in [-0.4, -0.2) is 51.4 Å². The Bertz CT molecular complexity index is 952. The maximum atomic E-state index is 12.8. The Morgan fingerprint density at radius 3 is 2.23 bits per heavy atom. The van der Waals surface area contributed by atoms with Gasteiger partial charge in [0.15, 0.2) is 6.61 Å². The first-order chi connectivity index (χ1) is 14.6. The number of alkyl halides is 2. The second kappa shape index (κ2) is 8.59. The van der Waals surface area contributed by atoms with E-state index in [9.17, 15) is 19.2 Å². The van der Waals surface area contributed by atoms with Crippen LogP contribution in [0.5, 0.6) is 0 Å². The number of rotatable bonds is 5. The topological polar surface area (TPSA) is 92.8 Å². The first-order valence-electron chi connectivity index (χ1n) is 9.96. The number of esters is 1. The lowest BCUT2D eigenvalue weighted by Crippen LogP contribution is -2.38. The monoisotopic (exact) mass is 618 g/mol. The van der Waals surface area contributed by atoms with Crippen LogP contribution in [0.4, 0.5) is 5.69 Å². The first-order valence-corrected chi connectivity index (χ1v) is 12.6. The Morgan fingerprint density at radius 2 is 1.65 bits per heavy atom. The summed E-state index contributed by atoms with van der Waals surface area (Å²) in [6.07, 6.45) is 0.825. The van der Waals surface area contributed by atoms with Crippen LogP contribution in [0.3, 0.4) is 0 Å². The minimum absolute atomic E-state index is 0.0835. The van der Waals surface area contributed by atoms with Gasteiger partial charge in [-0.2, -0.15) is 0 Å². The molecule has 0 unspecified atom stereocenters. The van der Waals surface area contributed by atoms with Crippen molar-refractivity contribution in [3.8, 4) is 0 Å². The van der Waals surface area contributed by atoms with Crippen LogP contribution in [-0.2, 0) is 23.9 Å². The third-order valence-corrected chi connectivity index (χ3v) is 10.8. The van der Waals surface area contributed by atoms with Crippen LogP contribution in [0.1, 0.15) is 17.5 Å². The second-order valence-corrected chi connectivity index (χ2v) is 11.3. The van der Waals surface area contributed by atoms with Crippen LogP contribution in [0.2, 0.25) is 0 Å². The van der Waals surface area contributed by atoms with E-state index in [1.165, 1.54) is 0 Å². The van der Waals surface area contributed by atoms with E-state index in [0.717, 1.165) is 26.9 Å². The Hall–Kier alpha value is -1.26. The van der Waals surface area contributed by atoms with Crippen molar-refractivity contribution in [3.05, 3.63) is 27.7 Å². The van der Waals surface area contributed by atoms with E-state index in [1.54, 1.807) is 6.07 Å². The van der Waals surface area contributed by atoms with Gasteiger partial charge in [-0.3, -0.25) is 24.1 Å². The van der Waals surface area contributed by atoms with Gasteiger partial charge in [0.05, 0.1) is 11.8 Å². The molecule has 4 rings (SSSR count). The Labute approximate surface area is 205 Å². The van der Waals surface area contributed by atoms with E-state index < -0.39 is 25.0 Å². The van der Waals surface area contributed by atoms with Crippen molar-refractivity contribution in [2.45, 2.75) is 29.9 Å². The van der Waals surface area contributed by atoms with Crippen molar-refractivity contribution in [2.24, 2.45) is 23.7 Å². The summed E-state index contributed by atoms with van der Waals surface area (Å²) < 4.78 is 5.97. The number of likely N-dealkylation sites (tertiary alicyclic amines) is 1. The second-order valence-electron chi connectivity index (χ2n) is 8.32. The van der Waals surface area contributed by atoms with Gasteiger partial charge in [-0.15, -0.1) is 0 Å². The largest absolute Gasteiger partial charge is 0.454 e. The zero-order valence-corrected chi connectivity index (χ0v) is 21.6. The molecule has 3 aliphatic rings.